The minimum Gasteiger partial charge on any atom is -0.394 e. The summed E-state index contributed by atoms with van der Waals surface area (Å²) in [5.41, 5.74) is 1.11. The highest BCUT2D eigenvalue weighted by atomic mass is 19.2. The van der Waals surface area contributed by atoms with E-state index in [0.29, 0.717) is 0 Å². The van der Waals surface area contributed by atoms with Crippen molar-refractivity contribution in [3.63, 3.8) is 0 Å². The number of rotatable bonds is 7. The molecule has 0 aromatic heterocycles. The summed E-state index contributed by atoms with van der Waals surface area (Å²) in [5.74, 6) is -4.34. The van der Waals surface area contributed by atoms with Crippen molar-refractivity contribution in [2.45, 2.75) is 6.61 Å². The fourth-order valence-corrected chi connectivity index (χ4v) is 1.97. The molecule has 0 aliphatic rings. The molecule has 0 saturated carbocycles. The van der Waals surface area contributed by atoms with Crippen LogP contribution in [-0.2, 0) is 11.4 Å². The second-order valence-corrected chi connectivity index (χ2v) is 4.88. The molecule has 0 atom stereocenters. The molecule has 0 aliphatic heterocycles. The standard InChI is InChI=1S/C16H15F3N2O4/c17-11-3-2-10(16(24)21-25-6-5-22)15(14(11)19)20-13-4-1-9(8-23)7-12(13)18/h1-4,7,20,22-23H,5-6,8H2,(H,21,24). The monoisotopic (exact) mass is 356 g/mol. The van der Waals surface area contributed by atoms with E-state index in [4.69, 9.17) is 10.2 Å². The molecule has 2 aromatic carbocycles. The number of carbonyl (C=O) groups is 1. The van der Waals surface area contributed by atoms with Crippen LogP contribution in [0.5, 0.6) is 0 Å². The number of halogens is 3. The number of carbonyl (C=O) groups excluding carboxylic acids is 1. The van der Waals surface area contributed by atoms with E-state index in [1.807, 2.05) is 5.48 Å². The van der Waals surface area contributed by atoms with Gasteiger partial charge in [-0.05, 0) is 29.8 Å². The van der Waals surface area contributed by atoms with E-state index < -0.39 is 29.0 Å². The van der Waals surface area contributed by atoms with Gasteiger partial charge in [0.2, 0.25) is 0 Å². The van der Waals surface area contributed by atoms with E-state index >= 15 is 0 Å². The highest BCUT2D eigenvalue weighted by molar-refractivity contribution is 5.99. The highest BCUT2D eigenvalue weighted by Gasteiger charge is 2.20. The molecule has 0 saturated heterocycles. The zero-order valence-corrected chi connectivity index (χ0v) is 12.9. The minimum atomic E-state index is -1.37. The molecule has 0 spiro atoms. The molecule has 134 valence electrons. The third-order valence-corrected chi connectivity index (χ3v) is 3.17. The number of nitrogens with one attached hydrogen (secondary N) is 2. The molecule has 0 bridgehead atoms. The summed E-state index contributed by atoms with van der Waals surface area (Å²) in [7, 11) is 0. The van der Waals surface area contributed by atoms with Crippen LogP contribution in [0.1, 0.15) is 15.9 Å². The number of hydroxylamine groups is 1. The van der Waals surface area contributed by atoms with Crippen LogP contribution in [0.4, 0.5) is 24.5 Å². The molecule has 6 nitrogen and oxygen atoms in total. The summed E-state index contributed by atoms with van der Waals surface area (Å²) in [6.07, 6.45) is 0. The van der Waals surface area contributed by atoms with Crippen LogP contribution in [0.3, 0.4) is 0 Å². The Kier molecular flexibility index (Phi) is 6.34. The number of aliphatic hydroxyl groups is 2. The Bertz CT molecular complexity index is 771. The van der Waals surface area contributed by atoms with Crippen LogP contribution < -0.4 is 10.8 Å². The molecule has 4 N–H and O–H groups in total. The molecule has 0 unspecified atom stereocenters. The Morgan fingerprint density at radius 1 is 1.08 bits per heavy atom. The van der Waals surface area contributed by atoms with Gasteiger partial charge >= 0.3 is 0 Å². The lowest BCUT2D eigenvalue weighted by atomic mass is 10.1. The van der Waals surface area contributed by atoms with Gasteiger partial charge < -0.3 is 15.5 Å². The van der Waals surface area contributed by atoms with E-state index in [1.54, 1.807) is 0 Å². The SMILES string of the molecule is O=C(NOCCO)c1ccc(F)c(F)c1Nc1ccc(CO)cc1F. The average molecular weight is 356 g/mol. The van der Waals surface area contributed by atoms with Crippen LogP contribution in [0.2, 0.25) is 0 Å². The van der Waals surface area contributed by atoms with E-state index in [2.05, 4.69) is 10.2 Å². The molecule has 0 fully saturated rings. The van der Waals surface area contributed by atoms with E-state index in [0.717, 1.165) is 18.2 Å². The quantitative estimate of drug-likeness (QED) is 0.450. The second kappa shape index (κ2) is 8.47. The summed E-state index contributed by atoms with van der Waals surface area (Å²) in [6.45, 7) is -0.942. The first-order chi connectivity index (χ1) is 12.0. The zero-order chi connectivity index (χ0) is 18.4. The highest BCUT2D eigenvalue weighted by Crippen LogP contribution is 2.28. The van der Waals surface area contributed by atoms with Crippen LogP contribution in [-0.4, -0.2) is 29.3 Å². The van der Waals surface area contributed by atoms with Crippen molar-refractivity contribution in [3.8, 4) is 0 Å². The number of anilines is 2. The molecule has 9 heteroatoms. The first-order valence-corrected chi connectivity index (χ1v) is 7.15. The van der Waals surface area contributed by atoms with Gasteiger partial charge in [0.25, 0.3) is 5.91 Å². The predicted molar refractivity (Wildman–Crippen MR) is 82.5 cm³/mol. The smallest absolute Gasteiger partial charge is 0.277 e. The van der Waals surface area contributed by atoms with Gasteiger partial charge in [-0.3, -0.25) is 9.63 Å². The summed E-state index contributed by atoms with van der Waals surface area (Å²) >= 11 is 0. The Morgan fingerprint density at radius 2 is 1.84 bits per heavy atom. The van der Waals surface area contributed by atoms with Gasteiger partial charge in [0.1, 0.15) is 5.82 Å². The largest absolute Gasteiger partial charge is 0.394 e. The average Bonchev–Trinajstić information content (AvgIpc) is 2.60. The van der Waals surface area contributed by atoms with Crippen molar-refractivity contribution < 1.29 is 33.0 Å². The maximum atomic E-state index is 14.1. The summed E-state index contributed by atoms with van der Waals surface area (Å²) in [5, 5.41) is 19.9. The van der Waals surface area contributed by atoms with Gasteiger partial charge in [-0.15, -0.1) is 0 Å². The molecular formula is C16H15F3N2O4. The molecule has 2 aromatic rings. The van der Waals surface area contributed by atoms with Gasteiger partial charge in [0.05, 0.1) is 36.8 Å². The molecule has 0 heterocycles. The van der Waals surface area contributed by atoms with Gasteiger partial charge in [-0.1, -0.05) is 6.07 Å². The summed E-state index contributed by atoms with van der Waals surface area (Å²) < 4.78 is 41.6. The van der Waals surface area contributed by atoms with Crippen molar-refractivity contribution in [2.75, 3.05) is 18.5 Å². The lowest BCUT2D eigenvalue weighted by Crippen LogP contribution is -2.26. The van der Waals surface area contributed by atoms with Gasteiger partial charge in [0, 0.05) is 0 Å². The van der Waals surface area contributed by atoms with Crippen molar-refractivity contribution in [1.82, 2.24) is 5.48 Å². The van der Waals surface area contributed by atoms with Crippen molar-refractivity contribution >= 4 is 17.3 Å². The van der Waals surface area contributed by atoms with Gasteiger partial charge in [0.15, 0.2) is 11.6 Å². The Labute approximate surface area is 140 Å². The van der Waals surface area contributed by atoms with Crippen LogP contribution in [0.25, 0.3) is 0 Å². The van der Waals surface area contributed by atoms with Crippen LogP contribution >= 0.6 is 0 Å². The molecule has 0 aliphatic carbocycles. The third kappa shape index (κ3) is 4.47. The normalized spacial score (nSPS) is 10.6. The van der Waals surface area contributed by atoms with Crippen molar-refractivity contribution in [1.29, 1.82) is 0 Å². The molecular weight excluding hydrogens is 341 g/mol. The third-order valence-electron chi connectivity index (χ3n) is 3.17. The lowest BCUT2D eigenvalue weighted by molar-refractivity contribution is 0.0168. The van der Waals surface area contributed by atoms with Gasteiger partial charge in [-0.25, -0.2) is 18.7 Å². The second-order valence-electron chi connectivity index (χ2n) is 4.88. The first kappa shape index (κ1) is 18.7. The Balaban J connectivity index is 2.35. The van der Waals surface area contributed by atoms with Crippen LogP contribution in [0, 0.1) is 17.5 Å². The minimum absolute atomic E-state index is 0.199. The fraction of sp³-hybridized carbons (Fsp3) is 0.188. The predicted octanol–water partition coefficient (Wildman–Crippen LogP) is 1.99. The number of hydrogen-bond acceptors (Lipinski definition) is 5. The van der Waals surface area contributed by atoms with E-state index in [1.165, 1.54) is 12.1 Å². The topological polar surface area (TPSA) is 90.8 Å². The maximum absolute atomic E-state index is 14.1. The number of amides is 1. The zero-order valence-electron chi connectivity index (χ0n) is 12.9. The van der Waals surface area contributed by atoms with E-state index in [-0.39, 0.29) is 36.6 Å². The first-order valence-electron chi connectivity index (χ1n) is 7.15. The summed E-state index contributed by atoms with van der Waals surface area (Å²) in [4.78, 5) is 16.6. The molecule has 0 radical (unpaired) electrons. The molecule has 2 rings (SSSR count). The maximum Gasteiger partial charge on any atom is 0.277 e. The number of hydrogen-bond donors (Lipinski definition) is 4. The van der Waals surface area contributed by atoms with Crippen molar-refractivity contribution in [3.05, 3.63) is 58.9 Å². The summed E-state index contributed by atoms with van der Waals surface area (Å²) in [6, 6.07) is 5.36. The number of benzene rings is 2. The Morgan fingerprint density at radius 3 is 2.48 bits per heavy atom. The Hall–Kier alpha value is -2.62. The fourth-order valence-electron chi connectivity index (χ4n) is 1.97. The van der Waals surface area contributed by atoms with Crippen molar-refractivity contribution in [2.24, 2.45) is 0 Å². The lowest BCUT2D eigenvalue weighted by Gasteiger charge is -2.14. The van der Waals surface area contributed by atoms with E-state index in [9.17, 15) is 18.0 Å². The van der Waals surface area contributed by atoms with Crippen LogP contribution in [0.15, 0.2) is 30.3 Å². The van der Waals surface area contributed by atoms with Gasteiger partial charge in [-0.2, -0.15) is 0 Å². The molecule has 25 heavy (non-hydrogen) atoms. The molecule has 1 amide bonds. The number of aliphatic hydroxyl groups excluding tert-OH is 2.